The van der Waals surface area contributed by atoms with Crippen LogP contribution in [0.25, 0.3) is 11.1 Å². The lowest BCUT2D eigenvalue weighted by atomic mass is 9.91. The van der Waals surface area contributed by atoms with Crippen molar-refractivity contribution in [2.45, 2.75) is 63.1 Å². The minimum Gasteiger partial charge on any atom is -0.207 e. The summed E-state index contributed by atoms with van der Waals surface area (Å²) in [4.78, 5) is 0. The van der Waals surface area contributed by atoms with Crippen molar-refractivity contribution in [1.29, 1.82) is 0 Å². The molecule has 0 aliphatic carbocycles. The molecule has 0 bridgehead atoms. The molecule has 1 saturated heterocycles. The molecule has 1 heterocycles. The zero-order valence-electron chi connectivity index (χ0n) is 15.1. The topological polar surface area (TPSA) is 0 Å². The summed E-state index contributed by atoms with van der Waals surface area (Å²) in [6, 6.07) is 16.0. The van der Waals surface area contributed by atoms with Crippen LogP contribution in [-0.4, -0.2) is 8.80 Å². The van der Waals surface area contributed by atoms with Crippen LogP contribution < -0.4 is 0 Å². The molecule has 25 heavy (non-hydrogen) atoms. The molecule has 0 aromatic heterocycles. The molecule has 0 unspecified atom stereocenters. The minimum absolute atomic E-state index is 0.188. The van der Waals surface area contributed by atoms with E-state index in [0.717, 1.165) is 11.1 Å². The van der Waals surface area contributed by atoms with Crippen molar-refractivity contribution in [3.63, 3.8) is 0 Å². The standard InChI is InChI=1S/C22H28F2Si/c1-2-3-4-13-25-14-11-17(12-15-25)19-7-10-21(22(24)16-19)18-5-8-20(23)9-6-18/h5-10,16-17,25H,2-4,11-15H2,1H3/t17-,25-. The molecule has 0 N–H and O–H groups in total. The summed E-state index contributed by atoms with van der Waals surface area (Å²) >= 11 is 0. The summed E-state index contributed by atoms with van der Waals surface area (Å²) in [6.07, 6.45) is 6.57. The molecule has 0 spiro atoms. The molecule has 134 valence electrons. The summed E-state index contributed by atoms with van der Waals surface area (Å²) in [7, 11) is -0.525. The van der Waals surface area contributed by atoms with E-state index in [1.165, 1.54) is 62.4 Å². The second kappa shape index (κ2) is 8.75. The Balaban J connectivity index is 1.63. The van der Waals surface area contributed by atoms with E-state index in [4.69, 9.17) is 0 Å². The fourth-order valence-electron chi connectivity index (χ4n) is 4.12. The third-order valence-electron chi connectivity index (χ3n) is 5.68. The molecular weight excluding hydrogens is 330 g/mol. The maximum Gasteiger partial charge on any atom is 0.131 e. The Hall–Kier alpha value is -1.48. The van der Waals surface area contributed by atoms with E-state index in [1.54, 1.807) is 18.2 Å². The van der Waals surface area contributed by atoms with Gasteiger partial charge in [-0.2, -0.15) is 0 Å². The lowest BCUT2D eigenvalue weighted by Gasteiger charge is -2.28. The van der Waals surface area contributed by atoms with Gasteiger partial charge in [0.25, 0.3) is 0 Å². The highest BCUT2D eigenvalue weighted by Gasteiger charge is 2.23. The Bertz CT molecular complexity index is 673. The van der Waals surface area contributed by atoms with Crippen LogP contribution in [0.4, 0.5) is 8.78 Å². The van der Waals surface area contributed by atoms with Crippen molar-refractivity contribution >= 4 is 8.80 Å². The molecule has 1 aliphatic rings. The lowest BCUT2D eigenvalue weighted by molar-refractivity contribution is 0.588. The van der Waals surface area contributed by atoms with Crippen molar-refractivity contribution in [2.75, 3.05) is 0 Å². The van der Waals surface area contributed by atoms with Crippen LogP contribution in [0.15, 0.2) is 42.5 Å². The van der Waals surface area contributed by atoms with Gasteiger partial charge in [-0.3, -0.25) is 0 Å². The first-order valence-electron chi connectivity index (χ1n) is 9.72. The summed E-state index contributed by atoms with van der Waals surface area (Å²) in [5.74, 6) is 0.0405. The average molecular weight is 359 g/mol. The zero-order valence-corrected chi connectivity index (χ0v) is 16.3. The fraction of sp³-hybridized carbons (Fsp3) is 0.455. The van der Waals surface area contributed by atoms with Gasteiger partial charge in [0, 0.05) is 14.4 Å². The largest absolute Gasteiger partial charge is 0.207 e. The van der Waals surface area contributed by atoms with Gasteiger partial charge in [-0.25, -0.2) is 8.78 Å². The number of hydrogen-bond acceptors (Lipinski definition) is 0. The van der Waals surface area contributed by atoms with Gasteiger partial charge in [-0.15, -0.1) is 0 Å². The summed E-state index contributed by atoms with van der Waals surface area (Å²) < 4.78 is 27.6. The first-order valence-corrected chi connectivity index (χ1v) is 12.2. The number of unbranched alkanes of at least 4 members (excludes halogenated alkanes) is 2. The molecule has 0 saturated carbocycles. The maximum absolute atomic E-state index is 14.6. The smallest absolute Gasteiger partial charge is 0.131 e. The van der Waals surface area contributed by atoms with Crippen LogP contribution in [-0.2, 0) is 0 Å². The normalized spacial score (nSPS) is 20.6. The SMILES string of the molecule is CCCCC[Si@H]1CC[C@H](c2ccc(-c3ccc(F)cc3)c(F)c2)CC1. The Morgan fingerprint density at radius 1 is 0.960 bits per heavy atom. The zero-order chi connectivity index (χ0) is 17.6. The third kappa shape index (κ3) is 4.78. The van der Waals surface area contributed by atoms with E-state index in [1.807, 2.05) is 6.07 Å². The summed E-state index contributed by atoms with van der Waals surface area (Å²) in [6.45, 7) is 2.27. The Kier molecular flexibility index (Phi) is 6.41. The number of hydrogen-bond donors (Lipinski definition) is 0. The van der Waals surface area contributed by atoms with Crippen molar-refractivity contribution in [1.82, 2.24) is 0 Å². The molecule has 3 heteroatoms. The van der Waals surface area contributed by atoms with Gasteiger partial charge in [0.05, 0.1) is 0 Å². The predicted octanol–water partition coefficient (Wildman–Crippen LogP) is 6.93. The van der Waals surface area contributed by atoms with E-state index < -0.39 is 8.80 Å². The monoisotopic (exact) mass is 358 g/mol. The second-order valence-electron chi connectivity index (χ2n) is 7.46. The average Bonchev–Trinajstić information content (AvgIpc) is 2.63. The lowest BCUT2D eigenvalue weighted by Crippen LogP contribution is -2.20. The Labute approximate surface area is 151 Å². The number of benzene rings is 2. The summed E-state index contributed by atoms with van der Waals surface area (Å²) in [5, 5.41) is 0. The van der Waals surface area contributed by atoms with Crippen molar-refractivity contribution in [3.05, 3.63) is 59.7 Å². The highest BCUT2D eigenvalue weighted by atomic mass is 28.3. The fourth-order valence-corrected chi connectivity index (χ4v) is 7.60. The van der Waals surface area contributed by atoms with E-state index in [0.29, 0.717) is 11.5 Å². The van der Waals surface area contributed by atoms with E-state index in [-0.39, 0.29) is 11.6 Å². The molecule has 2 aromatic rings. The summed E-state index contributed by atoms with van der Waals surface area (Å²) in [5.41, 5.74) is 2.44. The molecule has 1 aliphatic heterocycles. The molecule has 0 amide bonds. The van der Waals surface area contributed by atoms with E-state index in [9.17, 15) is 8.78 Å². The van der Waals surface area contributed by atoms with Gasteiger partial charge in [0.2, 0.25) is 0 Å². The molecule has 1 fully saturated rings. The van der Waals surface area contributed by atoms with Gasteiger partial charge in [-0.1, -0.05) is 68.6 Å². The van der Waals surface area contributed by atoms with Crippen LogP contribution in [0.5, 0.6) is 0 Å². The first-order chi connectivity index (χ1) is 12.2. The highest BCUT2D eigenvalue weighted by molar-refractivity contribution is 6.59. The molecule has 3 rings (SSSR count). The molecule has 2 aromatic carbocycles. The maximum atomic E-state index is 14.6. The van der Waals surface area contributed by atoms with Gasteiger partial charge in [0.15, 0.2) is 0 Å². The van der Waals surface area contributed by atoms with Crippen molar-refractivity contribution in [3.8, 4) is 11.1 Å². The number of rotatable bonds is 6. The minimum atomic E-state index is -0.525. The Morgan fingerprint density at radius 2 is 1.68 bits per heavy atom. The Morgan fingerprint density at radius 3 is 2.32 bits per heavy atom. The van der Waals surface area contributed by atoms with Gasteiger partial charge >= 0.3 is 0 Å². The predicted molar refractivity (Wildman–Crippen MR) is 105 cm³/mol. The van der Waals surface area contributed by atoms with Crippen LogP contribution in [0.2, 0.25) is 18.1 Å². The second-order valence-corrected chi connectivity index (χ2v) is 10.9. The quantitative estimate of drug-likeness (QED) is 0.388. The van der Waals surface area contributed by atoms with Crippen LogP contribution in [0.3, 0.4) is 0 Å². The first kappa shape index (κ1) is 18.3. The molecular formula is C22H28F2Si. The third-order valence-corrected chi connectivity index (χ3v) is 9.21. The van der Waals surface area contributed by atoms with Crippen molar-refractivity contribution in [2.24, 2.45) is 0 Å². The van der Waals surface area contributed by atoms with Crippen molar-refractivity contribution < 1.29 is 8.78 Å². The van der Waals surface area contributed by atoms with Gasteiger partial charge in [0.1, 0.15) is 11.6 Å². The van der Waals surface area contributed by atoms with Crippen LogP contribution in [0.1, 0.15) is 50.5 Å². The van der Waals surface area contributed by atoms with E-state index in [2.05, 4.69) is 13.0 Å². The van der Waals surface area contributed by atoms with Gasteiger partial charge < -0.3 is 0 Å². The molecule has 0 atom stereocenters. The molecule has 0 radical (unpaired) electrons. The van der Waals surface area contributed by atoms with Crippen LogP contribution in [0, 0.1) is 11.6 Å². The highest BCUT2D eigenvalue weighted by Crippen LogP contribution is 2.36. The van der Waals surface area contributed by atoms with E-state index >= 15 is 0 Å². The molecule has 0 nitrogen and oxygen atoms in total. The van der Waals surface area contributed by atoms with Crippen LogP contribution >= 0.6 is 0 Å². The number of halogens is 2. The van der Waals surface area contributed by atoms with Gasteiger partial charge in [-0.05, 0) is 48.1 Å².